The Kier molecular flexibility index (Phi) is 5.47. The normalized spacial score (nSPS) is 22.0. The Bertz CT molecular complexity index is 535. The van der Waals surface area contributed by atoms with Gasteiger partial charge in [-0.15, -0.1) is 0 Å². The van der Waals surface area contributed by atoms with Crippen LogP contribution >= 0.6 is 0 Å². The molecule has 0 radical (unpaired) electrons. The fourth-order valence-electron chi connectivity index (χ4n) is 3.70. The van der Waals surface area contributed by atoms with Crippen LogP contribution in [0.2, 0.25) is 0 Å². The molecule has 0 unspecified atom stereocenters. The topological polar surface area (TPSA) is 24.5 Å². The minimum absolute atomic E-state index is 0.566. The standard InChI is InChI=1S/C18H25F3N2O/c19-18(20,21)16-5-3-4-15(14-16)17(6-8-22-9-7-17)24-13-12-23-10-1-2-11-23/h3-5,14,22H,1-2,6-13H2. The Morgan fingerprint density at radius 2 is 1.83 bits per heavy atom. The molecule has 0 aromatic heterocycles. The Labute approximate surface area is 141 Å². The molecule has 3 nitrogen and oxygen atoms in total. The van der Waals surface area contributed by atoms with Crippen LogP contribution in [0.3, 0.4) is 0 Å². The van der Waals surface area contributed by atoms with Crippen molar-refractivity contribution in [1.82, 2.24) is 10.2 Å². The monoisotopic (exact) mass is 342 g/mol. The fraction of sp³-hybridized carbons (Fsp3) is 0.667. The number of nitrogens with zero attached hydrogens (tertiary/aromatic N) is 1. The third-order valence-corrected chi connectivity index (χ3v) is 5.11. The number of benzene rings is 1. The molecule has 134 valence electrons. The van der Waals surface area contributed by atoms with Crippen LogP contribution in [0.1, 0.15) is 36.8 Å². The molecule has 0 spiro atoms. The zero-order chi connectivity index (χ0) is 17.0. The summed E-state index contributed by atoms with van der Waals surface area (Å²) in [5, 5.41) is 3.27. The molecule has 0 aliphatic carbocycles. The fourth-order valence-corrected chi connectivity index (χ4v) is 3.70. The summed E-state index contributed by atoms with van der Waals surface area (Å²) in [6, 6.07) is 5.66. The van der Waals surface area contributed by atoms with Crippen molar-refractivity contribution >= 4 is 0 Å². The van der Waals surface area contributed by atoms with Crippen LogP contribution in [-0.4, -0.2) is 44.2 Å². The molecule has 6 heteroatoms. The first-order valence-corrected chi connectivity index (χ1v) is 8.74. The SMILES string of the molecule is FC(F)(F)c1cccc(C2(OCCN3CCCC3)CCNCC2)c1. The van der Waals surface area contributed by atoms with Crippen molar-refractivity contribution in [2.45, 2.75) is 37.5 Å². The van der Waals surface area contributed by atoms with Gasteiger partial charge in [-0.1, -0.05) is 12.1 Å². The molecule has 0 saturated carbocycles. The summed E-state index contributed by atoms with van der Waals surface area (Å²) in [5.41, 5.74) is -0.548. The Hall–Kier alpha value is -1.11. The average molecular weight is 342 g/mol. The first-order valence-electron chi connectivity index (χ1n) is 8.74. The number of halogens is 3. The molecule has 3 rings (SSSR count). The molecular formula is C18H25F3N2O. The number of hydrogen-bond acceptors (Lipinski definition) is 3. The van der Waals surface area contributed by atoms with Crippen molar-refractivity contribution in [1.29, 1.82) is 0 Å². The van der Waals surface area contributed by atoms with Gasteiger partial charge in [0.25, 0.3) is 0 Å². The van der Waals surface area contributed by atoms with Crippen LogP contribution in [0.15, 0.2) is 24.3 Å². The first-order chi connectivity index (χ1) is 11.5. The minimum atomic E-state index is -4.32. The van der Waals surface area contributed by atoms with Gasteiger partial charge in [0.1, 0.15) is 0 Å². The summed E-state index contributed by atoms with van der Waals surface area (Å²) < 4.78 is 45.4. The molecule has 0 amide bonds. The largest absolute Gasteiger partial charge is 0.416 e. The van der Waals surface area contributed by atoms with Crippen molar-refractivity contribution in [2.75, 3.05) is 39.3 Å². The summed E-state index contributed by atoms with van der Waals surface area (Å²) in [5.74, 6) is 0. The van der Waals surface area contributed by atoms with E-state index in [1.165, 1.54) is 25.0 Å². The van der Waals surface area contributed by atoms with Crippen LogP contribution in [0.5, 0.6) is 0 Å². The lowest BCUT2D eigenvalue weighted by Gasteiger charge is -2.39. The molecular weight excluding hydrogens is 317 g/mol. The van der Waals surface area contributed by atoms with Gasteiger partial charge < -0.3 is 15.0 Å². The van der Waals surface area contributed by atoms with E-state index in [2.05, 4.69) is 10.2 Å². The molecule has 0 atom stereocenters. The lowest BCUT2D eigenvalue weighted by atomic mass is 9.84. The Morgan fingerprint density at radius 3 is 2.50 bits per heavy atom. The van der Waals surface area contributed by atoms with E-state index in [-0.39, 0.29) is 0 Å². The van der Waals surface area contributed by atoms with Crippen LogP contribution in [0, 0.1) is 0 Å². The van der Waals surface area contributed by atoms with Crippen molar-refractivity contribution in [3.63, 3.8) is 0 Å². The third kappa shape index (κ3) is 4.10. The lowest BCUT2D eigenvalue weighted by molar-refractivity contribution is -0.138. The number of piperidine rings is 1. The van der Waals surface area contributed by atoms with Gasteiger partial charge in [0.15, 0.2) is 0 Å². The smallest absolute Gasteiger partial charge is 0.369 e. The second-order valence-corrected chi connectivity index (χ2v) is 6.72. The Morgan fingerprint density at radius 1 is 1.12 bits per heavy atom. The molecule has 2 fully saturated rings. The van der Waals surface area contributed by atoms with Crippen LogP contribution in [0.25, 0.3) is 0 Å². The quantitative estimate of drug-likeness (QED) is 0.888. The zero-order valence-electron chi connectivity index (χ0n) is 13.9. The molecule has 1 N–H and O–H groups in total. The number of alkyl halides is 3. The summed E-state index contributed by atoms with van der Waals surface area (Å²) in [6.45, 7) is 5.15. The highest BCUT2D eigenvalue weighted by Gasteiger charge is 2.37. The number of ether oxygens (including phenoxy) is 1. The molecule has 1 aromatic rings. The number of nitrogens with one attached hydrogen (secondary N) is 1. The molecule has 24 heavy (non-hydrogen) atoms. The van der Waals surface area contributed by atoms with E-state index >= 15 is 0 Å². The van der Waals surface area contributed by atoms with Gasteiger partial charge in [-0.05, 0) is 69.6 Å². The molecule has 1 aromatic carbocycles. The van der Waals surface area contributed by atoms with E-state index in [1.807, 2.05) is 0 Å². The van der Waals surface area contributed by atoms with Crippen molar-refractivity contribution in [2.24, 2.45) is 0 Å². The number of likely N-dealkylation sites (tertiary alicyclic amines) is 1. The zero-order valence-corrected chi connectivity index (χ0v) is 13.9. The maximum atomic E-state index is 13.1. The predicted molar refractivity (Wildman–Crippen MR) is 86.9 cm³/mol. The summed E-state index contributed by atoms with van der Waals surface area (Å²) in [7, 11) is 0. The first kappa shape index (κ1) is 17.7. The predicted octanol–water partition coefficient (Wildman–Crippen LogP) is 3.40. The molecule has 2 saturated heterocycles. The maximum Gasteiger partial charge on any atom is 0.416 e. The maximum absolute atomic E-state index is 13.1. The third-order valence-electron chi connectivity index (χ3n) is 5.11. The summed E-state index contributed by atoms with van der Waals surface area (Å²) >= 11 is 0. The van der Waals surface area contributed by atoms with Crippen LogP contribution in [0.4, 0.5) is 13.2 Å². The lowest BCUT2D eigenvalue weighted by Crippen LogP contribution is -2.43. The van der Waals surface area contributed by atoms with Crippen molar-refractivity contribution in [3.05, 3.63) is 35.4 Å². The molecule has 2 aliphatic rings. The van der Waals surface area contributed by atoms with E-state index < -0.39 is 17.3 Å². The molecule has 2 aliphatic heterocycles. The highest BCUT2D eigenvalue weighted by molar-refractivity contribution is 5.30. The Balaban J connectivity index is 1.75. The van der Waals surface area contributed by atoms with Gasteiger partial charge in [0, 0.05) is 6.54 Å². The van der Waals surface area contributed by atoms with Crippen molar-refractivity contribution in [3.8, 4) is 0 Å². The second-order valence-electron chi connectivity index (χ2n) is 6.72. The van der Waals surface area contributed by atoms with Gasteiger partial charge >= 0.3 is 6.18 Å². The van der Waals surface area contributed by atoms with E-state index in [9.17, 15) is 13.2 Å². The van der Waals surface area contributed by atoms with E-state index in [0.29, 0.717) is 25.0 Å². The van der Waals surface area contributed by atoms with Gasteiger partial charge in [0.2, 0.25) is 0 Å². The number of rotatable bonds is 5. The highest BCUT2D eigenvalue weighted by atomic mass is 19.4. The van der Waals surface area contributed by atoms with Gasteiger partial charge in [-0.2, -0.15) is 13.2 Å². The van der Waals surface area contributed by atoms with Crippen LogP contribution < -0.4 is 5.32 Å². The van der Waals surface area contributed by atoms with Crippen LogP contribution in [-0.2, 0) is 16.5 Å². The molecule has 2 heterocycles. The molecule has 0 bridgehead atoms. The minimum Gasteiger partial charge on any atom is -0.369 e. The van der Waals surface area contributed by atoms with E-state index in [0.717, 1.165) is 38.8 Å². The average Bonchev–Trinajstić information content (AvgIpc) is 3.08. The highest BCUT2D eigenvalue weighted by Crippen LogP contribution is 2.38. The van der Waals surface area contributed by atoms with E-state index in [4.69, 9.17) is 4.74 Å². The van der Waals surface area contributed by atoms with Gasteiger partial charge in [-0.25, -0.2) is 0 Å². The summed E-state index contributed by atoms with van der Waals surface area (Å²) in [6.07, 6.45) is -0.465. The number of hydrogen-bond donors (Lipinski definition) is 1. The van der Waals surface area contributed by atoms with Gasteiger partial charge in [0.05, 0.1) is 17.8 Å². The second kappa shape index (κ2) is 7.42. The van der Waals surface area contributed by atoms with Gasteiger partial charge in [-0.3, -0.25) is 0 Å². The van der Waals surface area contributed by atoms with Crippen molar-refractivity contribution < 1.29 is 17.9 Å². The summed E-state index contributed by atoms with van der Waals surface area (Å²) in [4.78, 5) is 2.36. The van der Waals surface area contributed by atoms with E-state index in [1.54, 1.807) is 6.07 Å².